The summed E-state index contributed by atoms with van der Waals surface area (Å²) >= 11 is 0. The second kappa shape index (κ2) is 3.87. The van der Waals surface area contributed by atoms with Crippen LogP contribution in [0.4, 0.5) is 11.4 Å². The molecule has 2 N–H and O–H groups in total. The predicted octanol–water partition coefficient (Wildman–Crippen LogP) is 1.21. The van der Waals surface area contributed by atoms with Gasteiger partial charge in [0, 0.05) is 19.8 Å². The summed E-state index contributed by atoms with van der Waals surface area (Å²) in [5.41, 5.74) is 9.18. The summed E-state index contributed by atoms with van der Waals surface area (Å²) in [6.45, 7) is 0.674. The van der Waals surface area contributed by atoms with Crippen molar-refractivity contribution >= 4 is 17.3 Å². The molecule has 5 heteroatoms. The van der Waals surface area contributed by atoms with E-state index in [1.54, 1.807) is 28.9 Å². The molecule has 1 aliphatic heterocycles. The third-order valence-corrected chi connectivity index (χ3v) is 3.31. The Labute approximate surface area is 105 Å². The molecule has 0 bridgehead atoms. The fourth-order valence-electron chi connectivity index (χ4n) is 2.41. The number of fused-ring (bicyclic) bond motifs is 1. The predicted molar refractivity (Wildman–Crippen MR) is 69.4 cm³/mol. The lowest BCUT2D eigenvalue weighted by atomic mass is 10.1. The minimum absolute atomic E-state index is 0.0494. The van der Waals surface area contributed by atoms with Gasteiger partial charge in [0.15, 0.2) is 0 Å². The number of carbonyl (C=O) groups excluding carboxylic acids is 1. The number of aryl methyl sites for hydroxylation is 1. The number of hydrogen-bond acceptors (Lipinski definition) is 3. The van der Waals surface area contributed by atoms with Crippen LogP contribution in [0.25, 0.3) is 0 Å². The molecule has 2 aromatic rings. The number of aromatic nitrogens is 2. The van der Waals surface area contributed by atoms with Crippen molar-refractivity contribution in [2.75, 3.05) is 17.2 Å². The maximum Gasteiger partial charge on any atom is 0.276 e. The van der Waals surface area contributed by atoms with Crippen LogP contribution in [0, 0.1) is 0 Å². The molecule has 0 unspecified atom stereocenters. The van der Waals surface area contributed by atoms with Crippen LogP contribution in [0.2, 0.25) is 0 Å². The first-order valence-electron chi connectivity index (χ1n) is 5.85. The Hall–Kier alpha value is -2.30. The molecule has 1 aromatic carbocycles. The Bertz CT molecular complexity index is 617. The van der Waals surface area contributed by atoms with E-state index in [1.807, 2.05) is 18.2 Å². The second-order valence-electron chi connectivity index (χ2n) is 4.40. The van der Waals surface area contributed by atoms with Crippen molar-refractivity contribution in [1.82, 2.24) is 9.78 Å². The molecule has 0 saturated carbocycles. The lowest BCUT2D eigenvalue weighted by Crippen LogP contribution is -2.31. The van der Waals surface area contributed by atoms with Gasteiger partial charge in [-0.3, -0.25) is 9.48 Å². The number of rotatable bonds is 1. The average Bonchev–Trinajstić information content (AvgIpc) is 2.95. The Morgan fingerprint density at radius 2 is 2.22 bits per heavy atom. The Morgan fingerprint density at radius 3 is 2.94 bits per heavy atom. The molecular weight excluding hydrogens is 228 g/mol. The molecule has 0 saturated heterocycles. The molecule has 18 heavy (non-hydrogen) atoms. The summed E-state index contributed by atoms with van der Waals surface area (Å²) in [5.74, 6) is -0.0494. The summed E-state index contributed by atoms with van der Waals surface area (Å²) in [5, 5.41) is 4.03. The minimum atomic E-state index is -0.0494. The van der Waals surface area contributed by atoms with E-state index >= 15 is 0 Å². The monoisotopic (exact) mass is 242 g/mol. The van der Waals surface area contributed by atoms with Gasteiger partial charge in [0.25, 0.3) is 5.91 Å². The van der Waals surface area contributed by atoms with Gasteiger partial charge in [0.2, 0.25) is 0 Å². The Balaban J connectivity index is 2.03. The van der Waals surface area contributed by atoms with Crippen LogP contribution in [-0.4, -0.2) is 22.2 Å². The normalized spacial score (nSPS) is 13.7. The molecule has 1 aromatic heterocycles. The molecular formula is C13H14N4O. The van der Waals surface area contributed by atoms with E-state index in [2.05, 4.69) is 5.10 Å². The van der Waals surface area contributed by atoms with E-state index in [4.69, 9.17) is 5.73 Å². The van der Waals surface area contributed by atoms with Gasteiger partial charge >= 0.3 is 0 Å². The van der Waals surface area contributed by atoms with Crippen LogP contribution in [-0.2, 0) is 13.5 Å². The van der Waals surface area contributed by atoms with Crippen LogP contribution in [0.1, 0.15) is 16.1 Å². The van der Waals surface area contributed by atoms with Crippen molar-refractivity contribution in [3.63, 3.8) is 0 Å². The van der Waals surface area contributed by atoms with Crippen molar-refractivity contribution in [3.8, 4) is 0 Å². The van der Waals surface area contributed by atoms with Gasteiger partial charge in [0.1, 0.15) is 5.69 Å². The fraction of sp³-hybridized carbons (Fsp3) is 0.231. The van der Waals surface area contributed by atoms with Crippen LogP contribution in [0.15, 0.2) is 30.5 Å². The van der Waals surface area contributed by atoms with Crippen LogP contribution in [0.5, 0.6) is 0 Å². The molecule has 3 rings (SSSR count). The largest absolute Gasteiger partial charge is 0.397 e. The fourth-order valence-corrected chi connectivity index (χ4v) is 2.41. The van der Waals surface area contributed by atoms with Crippen molar-refractivity contribution in [3.05, 3.63) is 41.7 Å². The van der Waals surface area contributed by atoms with Crippen molar-refractivity contribution < 1.29 is 4.79 Å². The number of hydrogen-bond donors (Lipinski definition) is 1. The summed E-state index contributed by atoms with van der Waals surface area (Å²) in [4.78, 5) is 14.2. The quantitative estimate of drug-likeness (QED) is 0.764. The molecule has 0 spiro atoms. The van der Waals surface area contributed by atoms with Crippen LogP contribution in [0.3, 0.4) is 0 Å². The lowest BCUT2D eigenvalue weighted by Gasteiger charge is -2.18. The highest BCUT2D eigenvalue weighted by atomic mass is 16.2. The maximum atomic E-state index is 12.5. The van der Waals surface area contributed by atoms with E-state index in [0.717, 1.165) is 17.7 Å². The number of para-hydroxylation sites is 1. The highest BCUT2D eigenvalue weighted by Crippen LogP contribution is 2.34. The zero-order valence-corrected chi connectivity index (χ0v) is 10.1. The summed E-state index contributed by atoms with van der Waals surface area (Å²) in [6, 6.07) is 7.49. The first kappa shape index (κ1) is 10.8. The number of amides is 1. The van der Waals surface area contributed by atoms with E-state index in [1.165, 1.54) is 0 Å². The highest BCUT2D eigenvalue weighted by Gasteiger charge is 2.28. The van der Waals surface area contributed by atoms with Crippen molar-refractivity contribution in [2.24, 2.45) is 7.05 Å². The zero-order chi connectivity index (χ0) is 12.7. The minimum Gasteiger partial charge on any atom is -0.397 e. The maximum absolute atomic E-state index is 12.5. The summed E-state index contributed by atoms with van der Waals surface area (Å²) < 4.78 is 1.58. The van der Waals surface area contributed by atoms with Gasteiger partial charge in [-0.1, -0.05) is 12.1 Å². The molecule has 0 atom stereocenters. The lowest BCUT2D eigenvalue weighted by molar-refractivity contribution is 0.0980. The van der Waals surface area contributed by atoms with Gasteiger partial charge in [-0.2, -0.15) is 5.10 Å². The Morgan fingerprint density at radius 1 is 1.39 bits per heavy atom. The number of nitrogen functional groups attached to an aromatic ring is 1. The number of benzene rings is 1. The van der Waals surface area contributed by atoms with E-state index in [-0.39, 0.29) is 5.91 Å². The third kappa shape index (κ3) is 1.48. The Kier molecular flexibility index (Phi) is 2.33. The molecule has 92 valence electrons. The van der Waals surface area contributed by atoms with Gasteiger partial charge in [-0.05, 0) is 24.1 Å². The second-order valence-corrected chi connectivity index (χ2v) is 4.40. The SMILES string of the molecule is Cn1nccc1C(=O)N1CCc2cccc(N)c21. The van der Waals surface area contributed by atoms with Gasteiger partial charge in [0.05, 0.1) is 11.4 Å². The molecule has 2 heterocycles. The van der Waals surface area contributed by atoms with E-state index in [0.29, 0.717) is 17.9 Å². The van der Waals surface area contributed by atoms with E-state index in [9.17, 15) is 4.79 Å². The summed E-state index contributed by atoms with van der Waals surface area (Å²) in [6.07, 6.45) is 2.47. The van der Waals surface area contributed by atoms with Crippen molar-refractivity contribution in [2.45, 2.75) is 6.42 Å². The molecule has 0 fully saturated rings. The number of carbonyl (C=O) groups is 1. The van der Waals surface area contributed by atoms with Gasteiger partial charge < -0.3 is 10.6 Å². The number of anilines is 2. The molecule has 1 amide bonds. The molecule has 0 aliphatic carbocycles. The first-order chi connectivity index (χ1) is 8.68. The molecule has 1 aliphatic rings. The zero-order valence-electron chi connectivity index (χ0n) is 10.1. The molecule has 5 nitrogen and oxygen atoms in total. The highest BCUT2D eigenvalue weighted by molar-refractivity contribution is 6.08. The standard InChI is InChI=1S/C13H14N4O/c1-16-11(5-7-15-16)13(18)17-8-6-9-3-2-4-10(14)12(9)17/h2-5,7H,6,8,14H2,1H3. The number of nitrogens with zero attached hydrogens (tertiary/aromatic N) is 3. The van der Waals surface area contributed by atoms with Crippen LogP contribution < -0.4 is 10.6 Å². The molecule has 0 radical (unpaired) electrons. The van der Waals surface area contributed by atoms with Crippen molar-refractivity contribution in [1.29, 1.82) is 0 Å². The third-order valence-electron chi connectivity index (χ3n) is 3.31. The van der Waals surface area contributed by atoms with Crippen LogP contribution >= 0.6 is 0 Å². The number of nitrogens with two attached hydrogens (primary N) is 1. The summed E-state index contributed by atoms with van der Waals surface area (Å²) in [7, 11) is 1.76. The first-order valence-corrected chi connectivity index (χ1v) is 5.85. The topological polar surface area (TPSA) is 64.2 Å². The smallest absolute Gasteiger partial charge is 0.276 e. The van der Waals surface area contributed by atoms with Gasteiger partial charge in [-0.25, -0.2) is 0 Å². The average molecular weight is 242 g/mol. The van der Waals surface area contributed by atoms with Gasteiger partial charge in [-0.15, -0.1) is 0 Å². The van der Waals surface area contributed by atoms with E-state index < -0.39 is 0 Å².